The van der Waals surface area contributed by atoms with Crippen LogP contribution in [-0.4, -0.2) is 62.5 Å². The molecular weight excluding hydrogens is 370 g/mol. The molecule has 0 amide bonds. The number of carbonyl (C=O) groups is 1. The fraction of sp³-hybridized carbons (Fsp3) is 0.429. The number of nitrogens with zero attached hydrogens (tertiary/aromatic N) is 4. The Bertz CT molecular complexity index is 854. The summed E-state index contributed by atoms with van der Waals surface area (Å²) in [4.78, 5) is 15.0. The van der Waals surface area contributed by atoms with Crippen molar-refractivity contribution in [1.82, 2.24) is 14.6 Å². The number of nitrogens with two attached hydrogens (primary N) is 1. The summed E-state index contributed by atoms with van der Waals surface area (Å²) in [7, 11) is 1.10. The molecule has 0 saturated carbocycles. The van der Waals surface area contributed by atoms with Gasteiger partial charge in [0.1, 0.15) is 42.8 Å². The molecular formula is C14H16ClN5O6. The molecule has 4 atom stereocenters. The third kappa shape index (κ3) is 2.99. The summed E-state index contributed by atoms with van der Waals surface area (Å²) in [5, 5.41) is 34.1. The van der Waals surface area contributed by atoms with Gasteiger partial charge in [0.2, 0.25) is 5.60 Å². The number of halogens is 1. The zero-order valence-corrected chi connectivity index (χ0v) is 14.3. The Hall–Kier alpha value is -2.65. The number of ether oxygens (including phenoxy) is 3. The van der Waals surface area contributed by atoms with Gasteiger partial charge in [-0.2, -0.15) is 10.4 Å². The van der Waals surface area contributed by atoms with E-state index in [1.165, 1.54) is 10.8 Å². The molecule has 140 valence electrons. The molecule has 12 heteroatoms. The SMILES string of the molecule is COC(=O)OC[C@@]1(C#N)O[C@@H](c2ccc3c(N)ncnn23)[C@H](O)[C@@H]1O.Cl. The lowest BCUT2D eigenvalue weighted by molar-refractivity contribution is -0.0840. The lowest BCUT2D eigenvalue weighted by Gasteiger charge is -2.23. The van der Waals surface area contributed by atoms with Crippen LogP contribution in [0.5, 0.6) is 0 Å². The van der Waals surface area contributed by atoms with Crippen LogP contribution >= 0.6 is 12.4 Å². The number of nitrogen functional groups attached to an aromatic ring is 1. The number of fused-ring (bicyclic) bond motifs is 1. The lowest BCUT2D eigenvalue weighted by atomic mass is 9.96. The van der Waals surface area contributed by atoms with Crippen molar-refractivity contribution < 1.29 is 29.2 Å². The molecule has 0 radical (unpaired) electrons. The van der Waals surface area contributed by atoms with Gasteiger partial charge in [-0.3, -0.25) is 0 Å². The van der Waals surface area contributed by atoms with E-state index >= 15 is 0 Å². The van der Waals surface area contributed by atoms with Gasteiger partial charge < -0.3 is 30.2 Å². The molecule has 2 aromatic rings. The molecule has 0 unspecified atom stereocenters. The van der Waals surface area contributed by atoms with E-state index in [-0.39, 0.29) is 18.2 Å². The van der Waals surface area contributed by atoms with Crippen LogP contribution in [0.1, 0.15) is 11.8 Å². The second kappa shape index (κ2) is 7.30. The van der Waals surface area contributed by atoms with Crippen molar-refractivity contribution in [1.29, 1.82) is 5.26 Å². The van der Waals surface area contributed by atoms with Crippen LogP contribution < -0.4 is 5.73 Å². The number of hydrogen-bond donors (Lipinski definition) is 3. The van der Waals surface area contributed by atoms with Crippen molar-refractivity contribution in [3.8, 4) is 6.07 Å². The van der Waals surface area contributed by atoms with Gasteiger partial charge in [-0.1, -0.05) is 0 Å². The quantitative estimate of drug-likeness (QED) is 0.590. The fourth-order valence-corrected chi connectivity index (χ4v) is 2.70. The average Bonchev–Trinajstić information content (AvgIpc) is 3.15. The van der Waals surface area contributed by atoms with Gasteiger partial charge in [-0.25, -0.2) is 14.3 Å². The third-order valence-corrected chi connectivity index (χ3v) is 4.01. The number of aromatic nitrogens is 3. The maximum atomic E-state index is 11.1. The van der Waals surface area contributed by atoms with Crippen LogP contribution in [0.4, 0.5) is 10.6 Å². The van der Waals surface area contributed by atoms with Crippen LogP contribution in [0.25, 0.3) is 5.52 Å². The second-order valence-electron chi connectivity index (χ2n) is 5.42. The first-order chi connectivity index (χ1) is 11.9. The minimum absolute atomic E-state index is 0. The molecule has 1 saturated heterocycles. The average molecular weight is 386 g/mol. The van der Waals surface area contributed by atoms with E-state index in [1.807, 2.05) is 0 Å². The highest BCUT2D eigenvalue weighted by Crippen LogP contribution is 2.40. The van der Waals surface area contributed by atoms with Gasteiger partial charge in [0.05, 0.1) is 12.8 Å². The van der Waals surface area contributed by atoms with E-state index < -0.39 is 36.7 Å². The molecule has 1 aliphatic rings. The number of anilines is 1. The van der Waals surface area contributed by atoms with E-state index in [0.717, 1.165) is 7.11 Å². The smallest absolute Gasteiger partial charge is 0.438 e. The molecule has 1 fully saturated rings. The molecule has 26 heavy (non-hydrogen) atoms. The Balaban J connectivity index is 0.00000243. The molecule has 0 spiro atoms. The minimum atomic E-state index is -1.96. The molecule has 0 aromatic carbocycles. The summed E-state index contributed by atoms with van der Waals surface area (Å²) >= 11 is 0. The highest BCUT2D eigenvalue weighted by Gasteiger charge is 2.57. The first-order valence-electron chi connectivity index (χ1n) is 7.17. The summed E-state index contributed by atoms with van der Waals surface area (Å²) in [6, 6.07) is 4.95. The Morgan fingerprint density at radius 2 is 2.27 bits per heavy atom. The molecule has 1 aliphatic heterocycles. The third-order valence-electron chi connectivity index (χ3n) is 4.01. The second-order valence-corrected chi connectivity index (χ2v) is 5.42. The van der Waals surface area contributed by atoms with E-state index in [2.05, 4.69) is 14.8 Å². The van der Waals surface area contributed by atoms with E-state index in [4.69, 9.17) is 15.2 Å². The summed E-state index contributed by atoms with van der Waals surface area (Å²) in [5.74, 6) is 0.217. The zero-order chi connectivity index (χ0) is 18.2. The Labute approximate surface area is 153 Å². The van der Waals surface area contributed by atoms with Gasteiger partial charge in [-0.15, -0.1) is 12.4 Å². The Kier molecular flexibility index (Phi) is 5.53. The van der Waals surface area contributed by atoms with Crippen LogP contribution in [0.2, 0.25) is 0 Å². The Morgan fingerprint density at radius 3 is 2.92 bits per heavy atom. The van der Waals surface area contributed by atoms with Crippen molar-refractivity contribution in [3.63, 3.8) is 0 Å². The molecule has 3 rings (SSSR count). The largest absolute Gasteiger partial charge is 0.508 e. The van der Waals surface area contributed by atoms with Gasteiger partial charge >= 0.3 is 6.16 Å². The highest BCUT2D eigenvalue weighted by molar-refractivity contribution is 5.85. The van der Waals surface area contributed by atoms with Gasteiger partial charge in [-0.05, 0) is 12.1 Å². The normalized spacial score (nSPS) is 27.5. The number of rotatable bonds is 3. The molecule has 0 bridgehead atoms. The monoisotopic (exact) mass is 385 g/mol. The number of aliphatic hydroxyl groups excluding tert-OH is 2. The van der Waals surface area contributed by atoms with E-state index in [0.29, 0.717) is 11.2 Å². The predicted octanol–water partition coefficient (Wildman–Crippen LogP) is -0.428. The van der Waals surface area contributed by atoms with Gasteiger partial charge in [0.15, 0.2) is 5.82 Å². The standard InChI is InChI=1S/C14H15N5O6.ClH/c1-23-13(22)24-5-14(4-15)11(21)9(20)10(25-14)7-2-3-8-12(16)17-6-18-19(7)8;/h2-3,6,9-11,20-21H,5H2,1H3,(H2,16,17,18);1H/t9-,10-,11-,14+;/m0./s1. The summed E-state index contributed by atoms with van der Waals surface area (Å²) in [6.07, 6.45) is -4.02. The number of aliphatic hydroxyl groups is 2. The molecule has 0 aliphatic carbocycles. The van der Waals surface area contributed by atoms with Crippen molar-refractivity contribution >= 4 is 29.9 Å². The topological polar surface area (TPSA) is 165 Å². The number of methoxy groups -OCH3 is 1. The number of carbonyl (C=O) groups excluding carboxylic acids is 1. The molecule has 2 aromatic heterocycles. The highest BCUT2D eigenvalue weighted by atomic mass is 35.5. The van der Waals surface area contributed by atoms with Crippen LogP contribution in [0.15, 0.2) is 18.5 Å². The zero-order valence-electron chi connectivity index (χ0n) is 13.5. The molecule has 11 nitrogen and oxygen atoms in total. The predicted molar refractivity (Wildman–Crippen MR) is 87.2 cm³/mol. The van der Waals surface area contributed by atoms with Crippen molar-refractivity contribution in [3.05, 3.63) is 24.2 Å². The number of hydrogen-bond acceptors (Lipinski definition) is 10. The Morgan fingerprint density at radius 1 is 1.54 bits per heavy atom. The van der Waals surface area contributed by atoms with E-state index in [9.17, 15) is 20.3 Å². The minimum Gasteiger partial charge on any atom is -0.438 e. The van der Waals surface area contributed by atoms with Crippen molar-refractivity contribution in [2.45, 2.75) is 23.9 Å². The number of nitriles is 1. The summed E-state index contributed by atoms with van der Waals surface area (Å²) < 4.78 is 16.0. The van der Waals surface area contributed by atoms with Crippen molar-refractivity contribution in [2.24, 2.45) is 0 Å². The van der Waals surface area contributed by atoms with E-state index in [1.54, 1.807) is 18.2 Å². The molecule has 3 heterocycles. The van der Waals surface area contributed by atoms with Crippen LogP contribution in [0.3, 0.4) is 0 Å². The van der Waals surface area contributed by atoms with Crippen LogP contribution in [-0.2, 0) is 14.2 Å². The summed E-state index contributed by atoms with van der Waals surface area (Å²) in [6.45, 7) is -0.620. The van der Waals surface area contributed by atoms with Crippen molar-refractivity contribution in [2.75, 3.05) is 19.5 Å². The summed E-state index contributed by atoms with van der Waals surface area (Å²) in [5.41, 5.74) is 4.63. The first kappa shape index (κ1) is 19.7. The van der Waals surface area contributed by atoms with Gasteiger partial charge in [0, 0.05) is 0 Å². The van der Waals surface area contributed by atoms with Gasteiger partial charge in [0.25, 0.3) is 0 Å². The maximum Gasteiger partial charge on any atom is 0.508 e. The lowest BCUT2D eigenvalue weighted by Crippen LogP contribution is -2.46. The first-order valence-corrected chi connectivity index (χ1v) is 7.17. The maximum absolute atomic E-state index is 11.1. The fourth-order valence-electron chi connectivity index (χ4n) is 2.70. The van der Waals surface area contributed by atoms with Crippen LogP contribution in [0, 0.1) is 11.3 Å². The molecule has 4 N–H and O–H groups in total.